The topological polar surface area (TPSA) is 47.3 Å². The molecular weight excluding hydrogens is 248 g/mol. The fourth-order valence-corrected chi connectivity index (χ4v) is 2.81. The van der Waals surface area contributed by atoms with E-state index in [1.54, 1.807) is 0 Å². The minimum absolute atomic E-state index is 0.0162. The molecular formula is C17H18N2O. The Labute approximate surface area is 119 Å². The number of hydrogen-bond donors (Lipinski definition) is 2. The van der Waals surface area contributed by atoms with E-state index in [2.05, 4.69) is 12.1 Å². The molecule has 0 radical (unpaired) electrons. The number of amidine groups is 1. The second kappa shape index (κ2) is 5.10. The van der Waals surface area contributed by atoms with E-state index in [0.717, 1.165) is 23.5 Å². The second-order valence-electron chi connectivity index (χ2n) is 5.32. The molecule has 1 aliphatic rings. The van der Waals surface area contributed by atoms with Crippen molar-refractivity contribution in [1.82, 2.24) is 0 Å². The summed E-state index contributed by atoms with van der Waals surface area (Å²) < 4.78 is 0. The Hall–Kier alpha value is -2.13. The van der Waals surface area contributed by atoms with Crippen LogP contribution in [0, 0.1) is 12.3 Å². The zero-order valence-corrected chi connectivity index (χ0v) is 11.5. The first-order valence-corrected chi connectivity index (χ1v) is 6.89. The van der Waals surface area contributed by atoms with E-state index in [9.17, 15) is 5.21 Å². The van der Waals surface area contributed by atoms with Crippen LogP contribution in [-0.4, -0.2) is 11.0 Å². The molecule has 0 heterocycles. The predicted molar refractivity (Wildman–Crippen MR) is 80.7 cm³/mol. The van der Waals surface area contributed by atoms with Gasteiger partial charge in [-0.05, 0) is 43.0 Å². The number of hydroxylamine groups is 1. The fourth-order valence-electron chi connectivity index (χ4n) is 2.81. The van der Waals surface area contributed by atoms with Crippen LogP contribution in [0.2, 0.25) is 0 Å². The maximum atomic E-state index is 10.3. The van der Waals surface area contributed by atoms with E-state index >= 15 is 0 Å². The van der Waals surface area contributed by atoms with Crippen LogP contribution in [0.25, 0.3) is 0 Å². The van der Waals surface area contributed by atoms with E-state index in [1.807, 2.05) is 43.3 Å². The van der Waals surface area contributed by atoms with Crippen molar-refractivity contribution in [2.75, 3.05) is 5.06 Å². The quantitative estimate of drug-likeness (QED) is 0.492. The standard InChI is InChI=1S/C17H18N2O/c1-12-6-9-14(10-7-12)19(20)17(18)16-11-8-13-4-2-3-5-15(13)16/h2-7,9-10,16,18,20H,8,11H2,1H3. The molecule has 1 unspecified atom stereocenters. The lowest BCUT2D eigenvalue weighted by atomic mass is 10.00. The Bertz CT molecular complexity index is 634. The minimum atomic E-state index is -0.0162. The molecule has 1 aliphatic carbocycles. The lowest BCUT2D eigenvalue weighted by molar-refractivity contribution is 0.307. The Morgan fingerprint density at radius 3 is 2.60 bits per heavy atom. The highest BCUT2D eigenvalue weighted by Crippen LogP contribution is 2.35. The van der Waals surface area contributed by atoms with Gasteiger partial charge in [-0.15, -0.1) is 0 Å². The summed E-state index contributed by atoms with van der Waals surface area (Å²) >= 11 is 0. The lowest BCUT2D eigenvalue weighted by Gasteiger charge is -2.22. The number of benzene rings is 2. The Balaban J connectivity index is 1.85. The molecule has 0 spiro atoms. The fraction of sp³-hybridized carbons (Fsp3) is 0.235. The van der Waals surface area contributed by atoms with Gasteiger partial charge in [-0.2, -0.15) is 0 Å². The second-order valence-corrected chi connectivity index (χ2v) is 5.32. The lowest BCUT2D eigenvalue weighted by Crippen LogP contribution is -2.30. The van der Waals surface area contributed by atoms with Crippen molar-refractivity contribution < 1.29 is 5.21 Å². The van der Waals surface area contributed by atoms with Gasteiger partial charge in [-0.1, -0.05) is 42.0 Å². The molecule has 0 saturated carbocycles. The maximum absolute atomic E-state index is 10.3. The number of hydrogen-bond acceptors (Lipinski definition) is 2. The van der Waals surface area contributed by atoms with Crippen LogP contribution >= 0.6 is 0 Å². The molecule has 1 atom stereocenters. The predicted octanol–water partition coefficient (Wildman–Crippen LogP) is 3.90. The normalized spacial score (nSPS) is 16.8. The van der Waals surface area contributed by atoms with E-state index in [4.69, 9.17) is 5.41 Å². The van der Waals surface area contributed by atoms with Crippen molar-refractivity contribution in [2.45, 2.75) is 25.7 Å². The highest BCUT2D eigenvalue weighted by molar-refractivity contribution is 5.98. The number of nitrogens with zero attached hydrogens (tertiary/aromatic N) is 1. The number of anilines is 1. The van der Waals surface area contributed by atoms with Crippen molar-refractivity contribution in [2.24, 2.45) is 0 Å². The molecule has 102 valence electrons. The summed E-state index contributed by atoms with van der Waals surface area (Å²) in [6.45, 7) is 2.00. The monoisotopic (exact) mass is 266 g/mol. The zero-order valence-electron chi connectivity index (χ0n) is 11.5. The first-order chi connectivity index (χ1) is 9.66. The van der Waals surface area contributed by atoms with Gasteiger partial charge in [0.05, 0.1) is 5.69 Å². The van der Waals surface area contributed by atoms with E-state index in [1.165, 1.54) is 11.1 Å². The van der Waals surface area contributed by atoms with Crippen molar-refractivity contribution in [3.63, 3.8) is 0 Å². The van der Waals surface area contributed by atoms with Gasteiger partial charge in [0, 0.05) is 5.92 Å². The summed E-state index contributed by atoms with van der Waals surface area (Å²) in [5.74, 6) is 0.233. The molecule has 2 N–H and O–H groups in total. The summed E-state index contributed by atoms with van der Waals surface area (Å²) in [6, 6.07) is 15.7. The first kappa shape index (κ1) is 12.9. The molecule has 0 aromatic heterocycles. The minimum Gasteiger partial charge on any atom is -0.286 e. The first-order valence-electron chi connectivity index (χ1n) is 6.89. The van der Waals surface area contributed by atoms with Crippen molar-refractivity contribution in [3.05, 3.63) is 65.2 Å². The SMILES string of the molecule is Cc1ccc(N(O)C(=N)C2CCc3ccccc32)cc1. The maximum Gasteiger partial charge on any atom is 0.134 e. The number of aryl methyl sites for hydroxylation is 2. The van der Waals surface area contributed by atoms with E-state index < -0.39 is 0 Å². The zero-order chi connectivity index (χ0) is 14.1. The van der Waals surface area contributed by atoms with Gasteiger partial charge in [0.2, 0.25) is 0 Å². The van der Waals surface area contributed by atoms with Crippen LogP contribution in [0.3, 0.4) is 0 Å². The molecule has 2 aromatic carbocycles. The third-order valence-corrected chi connectivity index (χ3v) is 3.97. The molecule has 3 heteroatoms. The van der Waals surface area contributed by atoms with Gasteiger partial charge >= 0.3 is 0 Å². The third-order valence-electron chi connectivity index (χ3n) is 3.97. The van der Waals surface area contributed by atoms with Crippen molar-refractivity contribution in [3.8, 4) is 0 Å². The summed E-state index contributed by atoms with van der Waals surface area (Å²) in [6.07, 6.45) is 1.87. The molecule has 0 saturated heterocycles. The molecule has 0 bridgehead atoms. The van der Waals surface area contributed by atoms with Crippen molar-refractivity contribution >= 4 is 11.5 Å². The average molecular weight is 266 g/mol. The molecule has 2 aromatic rings. The highest BCUT2D eigenvalue weighted by Gasteiger charge is 2.28. The van der Waals surface area contributed by atoms with Crippen LogP contribution in [0.5, 0.6) is 0 Å². The largest absolute Gasteiger partial charge is 0.286 e. The van der Waals surface area contributed by atoms with Crippen LogP contribution < -0.4 is 5.06 Å². The molecule has 3 nitrogen and oxygen atoms in total. The van der Waals surface area contributed by atoms with Crippen LogP contribution in [-0.2, 0) is 6.42 Å². The molecule has 0 aliphatic heterocycles. The van der Waals surface area contributed by atoms with Gasteiger partial charge < -0.3 is 0 Å². The van der Waals surface area contributed by atoms with Gasteiger partial charge in [0.25, 0.3) is 0 Å². The summed E-state index contributed by atoms with van der Waals surface area (Å²) in [7, 11) is 0. The van der Waals surface area contributed by atoms with Gasteiger partial charge in [0.1, 0.15) is 5.84 Å². The van der Waals surface area contributed by atoms with E-state index in [-0.39, 0.29) is 11.8 Å². The number of fused-ring (bicyclic) bond motifs is 1. The average Bonchev–Trinajstić information content (AvgIpc) is 2.90. The van der Waals surface area contributed by atoms with Gasteiger partial charge in [-0.3, -0.25) is 10.6 Å². The Morgan fingerprint density at radius 1 is 1.15 bits per heavy atom. The Morgan fingerprint density at radius 2 is 1.85 bits per heavy atom. The highest BCUT2D eigenvalue weighted by atomic mass is 16.5. The smallest absolute Gasteiger partial charge is 0.134 e. The van der Waals surface area contributed by atoms with Crippen LogP contribution in [0.15, 0.2) is 48.5 Å². The molecule has 20 heavy (non-hydrogen) atoms. The van der Waals surface area contributed by atoms with Crippen molar-refractivity contribution in [1.29, 1.82) is 5.41 Å². The van der Waals surface area contributed by atoms with Gasteiger partial charge in [0.15, 0.2) is 0 Å². The van der Waals surface area contributed by atoms with Crippen LogP contribution in [0.4, 0.5) is 5.69 Å². The number of nitrogens with one attached hydrogen (secondary N) is 1. The molecule has 0 fully saturated rings. The molecule has 0 amide bonds. The molecule has 3 rings (SSSR count). The summed E-state index contributed by atoms with van der Waals surface area (Å²) in [4.78, 5) is 0. The van der Waals surface area contributed by atoms with Crippen LogP contribution in [0.1, 0.15) is 29.0 Å². The summed E-state index contributed by atoms with van der Waals surface area (Å²) in [5, 5.41) is 19.6. The van der Waals surface area contributed by atoms with E-state index in [0.29, 0.717) is 5.69 Å². The summed E-state index contributed by atoms with van der Waals surface area (Å²) in [5.41, 5.74) is 4.24. The third kappa shape index (κ3) is 2.21. The number of rotatable bonds is 2. The Kier molecular flexibility index (Phi) is 3.28. The van der Waals surface area contributed by atoms with Gasteiger partial charge in [-0.25, -0.2) is 5.06 Å².